The molecule has 4 nitrogen and oxygen atoms in total. The van der Waals surface area contributed by atoms with E-state index >= 15 is 0 Å². The normalized spacial score (nSPS) is 13.1. The summed E-state index contributed by atoms with van der Waals surface area (Å²) in [5, 5.41) is 3.52. The van der Waals surface area contributed by atoms with Gasteiger partial charge >= 0.3 is 0 Å². The molecule has 0 radical (unpaired) electrons. The van der Waals surface area contributed by atoms with Crippen molar-refractivity contribution in [3.63, 3.8) is 0 Å². The van der Waals surface area contributed by atoms with Gasteiger partial charge in [0.05, 0.1) is 23.2 Å². The second-order valence-corrected chi connectivity index (χ2v) is 11.2. The second kappa shape index (κ2) is 15.9. The van der Waals surface area contributed by atoms with Crippen LogP contribution in [0.5, 0.6) is 5.75 Å². The lowest BCUT2D eigenvalue weighted by Gasteiger charge is -2.16. The minimum atomic E-state index is -0.162. The Kier molecular flexibility index (Phi) is 12.6. The van der Waals surface area contributed by atoms with Crippen LogP contribution in [0.1, 0.15) is 94.0 Å². The molecule has 6 heteroatoms. The molecule has 0 aromatic heterocycles. The van der Waals surface area contributed by atoms with Crippen LogP contribution in [-0.4, -0.2) is 23.3 Å². The number of unbranched alkanes of at least 4 members (excludes halogenated alkanes) is 9. The van der Waals surface area contributed by atoms with Crippen molar-refractivity contribution in [3.05, 3.63) is 69.7 Å². The van der Waals surface area contributed by atoms with Gasteiger partial charge in [0.25, 0.3) is 5.91 Å². The molecule has 0 aliphatic carbocycles. The summed E-state index contributed by atoms with van der Waals surface area (Å²) in [5.41, 5.74) is 2.35. The van der Waals surface area contributed by atoms with Crippen LogP contribution >= 0.6 is 23.4 Å². The standard InChI is InChI=1S/C30H41ClN2O2S/c1-3-4-5-6-7-8-9-10-11-12-19-35-29-27(31)17-14-18-28(29)32-30(34)26-16-13-15-25(20-26)22-33-21-24(2)36-23-33/h13-18,20-21H,3-12,19,22-23H2,1-2H3,(H,32,34). The highest BCUT2D eigenvalue weighted by Gasteiger charge is 2.15. The van der Waals surface area contributed by atoms with E-state index in [1.165, 1.54) is 56.3 Å². The third kappa shape index (κ3) is 9.74. The van der Waals surface area contributed by atoms with Gasteiger partial charge < -0.3 is 15.0 Å². The third-order valence-corrected chi connectivity index (χ3v) is 7.68. The quantitative estimate of drug-likeness (QED) is 0.220. The fourth-order valence-electron chi connectivity index (χ4n) is 4.37. The Hall–Kier alpha value is -2.11. The summed E-state index contributed by atoms with van der Waals surface area (Å²) in [6, 6.07) is 13.3. The van der Waals surface area contributed by atoms with Crippen LogP contribution in [0.3, 0.4) is 0 Å². The van der Waals surface area contributed by atoms with E-state index < -0.39 is 0 Å². The molecule has 2 aromatic rings. The monoisotopic (exact) mass is 528 g/mol. The van der Waals surface area contributed by atoms with E-state index in [9.17, 15) is 4.79 Å². The minimum absolute atomic E-state index is 0.162. The van der Waals surface area contributed by atoms with E-state index in [4.69, 9.17) is 16.3 Å². The molecule has 0 bridgehead atoms. The number of amides is 1. The zero-order valence-electron chi connectivity index (χ0n) is 21.9. The van der Waals surface area contributed by atoms with Crippen LogP contribution in [0.2, 0.25) is 5.02 Å². The molecule has 0 saturated carbocycles. The van der Waals surface area contributed by atoms with Gasteiger partial charge in [0.15, 0.2) is 5.75 Å². The smallest absolute Gasteiger partial charge is 0.255 e. The van der Waals surface area contributed by atoms with Crippen molar-refractivity contribution < 1.29 is 9.53 Å². The summed E-state index contributed by atoms with van der Waals surface area (Å²) in [6.45, 7) is 5.76. The van der Waals surface area contributed by atoms with Crippen molar-refractivity contribution in [1.29, 1.82) is 0 Å². The fraction of sp³-hybridized carbons (Fsp3) is 0.500. The van der Waals surface area contributed by atoms with Crippen molar-refractivity contribution in [3.8, 4) is 5.75 Å². The van der Waals surface area contributed by atoms with E-state index in [1.807, 2.05) is 42.1 Å². The van der Waals surface area contributed by atoms with Crippen LogP contribution in [0.15, 0.2) is 53.6 Å². The van der Waals surface area contributed by atoms with E-state index in [0.717, 1.165) is 30.8 Å². The molecule has 1 heterocycles. The number of carbonyl (C=O) groups excluding carboxylic acids is 1. The number of halogens is 1. The van der Waals surface area contributed by atoms with Crippen molar-refractivity contribution >= 4 is 35.0 Å². The predicted molar refractivity (Wildman–Crippen MR) is 155 cm³/mol. The summed E-state index contributed by atoms with van der Waals surface area (Å²) in [7, 11) is 0. The average molecular weight is 529 g/mol. The molecule has 0 fully saturated rings. The molecule has 3 rings (SSSR count). The Balaban J connectivity index is 1.45. The summed E-state index contributed by atoms with van der Waals surface area (Å²) in [6.07, 6.45) is 15.0. The fourth-order valence-corrected chi connectivity index (χ4v) is 5.35. The van der Waals surface area contributed by atoms with Crippen LogP contribution in [0, 0.1) is 0 Å². The first-order chi connectivity index (χ1) is 17.6. The number of nitrogens with zero attached hydrogens (tertiary/aromatic N) is 1. The van der Waals surface area contributed by atoms with Crippen LogP contribution in [0.4, 0.5) is 5.69 Å². The molecule has 196 valence electrons. The van der Waals surface area contributed by atoms with Crippen LogP contribution in [-0.2, 0) is 6.54 Å². The van der Waals surface area contributed by atoms with Crippen molar-refractivity contribution in [2.45, 2.75) is 84.6 Å². The van der Waals surface area contributed by atoms with E-state index in [-0.39, 0.29) is 5.91 Å². The molecule has 1 N–H and O–H groups in total. The number of carbonyl (C=O) groups is 1. The number of hydrogen-bond donors (Lipinski definition) is 1. The lowest BCUT2D eigenvalue weighted by atomic mass is 10.1. The largest absolute Gasteiger partial charge is 0.490 e. The molecule has 0 unspecified atom stereocenters. The van der Waals surface area contributed by atoms with Gasteiger partial charge in [-0.05, 0) is 48.1 Å². The Morgan fingerprint density at radius 1 is 1.00 bits per heavy atom. The number of para-hydroxylation sites is 1. The number of rotatable bonds is 16. The van der Waals surface area contributed by atoms with E-state index in [2.05, 4.69) is 36.3 Å². The number of ether oxygens (including phenoxy) is 1. The second-order valence-electron chi connectivity index (χ2n) is 9.56. The summed E-state index contributed by atoms with van der Waals surface area (Å²) in [5.74, 6) is 1.34. The maximum absolute atomic E-state index is 13.0. The first kappa shape index (κ1) is 28.5. The molecule has 0 saturated heterocycles. The predicted octanol–water partition coefficient (Wildman–Crippen LogP) is 9.26. The number of thioether (sulfide) groups is 1. The summed E-state index contributed by atoms with van der Waals surface area (Å²) < 4.78 is 6.04. The van der Waals surface area contributed by atoms with Gasteiger partial charge in [0.2, 0.25) is 0 Å². The van der Waals surface area contributed by atoms with Gasteiger partial charge in [0, 0.05) is 18.3 Å². The third-order valence-electron chi connectivity index (χ3n) is 6.36. The molecule has 0 spiro atoms. The van der Waals surface area contributed by atoms with Crippen molar-refractivity contribution in [2.24, 2.45) is 0 Å². The summed E-state index contributed by atoms with van der Waals surface area (Å²) in [4.78, 5) is 16.6. The molecule has 0 atom stereocenters. The van der Waals surface area contributed by atoms with Gasteiger partial charge in [-0.2, -0.15) is 0 Å². The Morgan fingerprint density at radius 2 is 1.69 bits per heavy atom. The number of nitrogens with one attached hydrogen (secondary N) is 1. The zero-order valence-corrected chi connectivity index (χ0v) is 23.4. The molecule has 1 amide bonds. The molecule has 36 heavy (non-hydrogen) atoms. The van der Waals surface area contributed by atoms with E-state index in [1.54, 1.807) is 6.07 Å². The van der Waals surface area contributed by atoms with Gasteiger partial charge in [-0.3, -0.25) is 4.79 Å². The van der Waals surface area contributed by atoms with Gasteiger partial charge in [0.1, 0.15) is 0 Å². The van der Waals surface area contributed by atoms with E-state index in [0.29, 0.717) is 28.6 Å². The van der Waals surface area contributed by atoms with Gasteiger partial charge in [-0.15, -0.1) is 11.8 Å². The van der Waals surface area contributed by atoms with Gasteiger partial charge in [-0.1, -0.05) is 94.5 Å². The molecule has 1 aliphatic rings. The number of benzene rings is 2. The van der Waals surface area contributed by atoms with Gasteiger partial charge in [-0.25, -0.2) is 0 Å². The van der Waals surface area contributed by atoms with Crippen molar-refractivity contribution in [2.75, 3.05) is 17.8 Å². The average Bonchev–Trinajstić information content (AvgIpc) is 3.28. The SMILES string of the molecule is CCCCCCCCCCCCOc1c(Cl)cccc1NC(=O)c1cccc(CN2C=C(C)SC2)c1. The molecule has 1 aliphatic heterocycles. The van der Waals surface area contributed by atoms with Crippen molar-refractivity contribution in [1.82, 2.24) is 4.90 Å². The topological polar surface area (TPSA) is 41.6 Å². The highest BCUT2D eigenvalue weighted by Crippen LogP contribution is 2.33. The summed E-state index contributed by atoms with van der Waals surface area (Å²) >= 11 is 8.27. The molecular weight excluding hydrogens is 488 g/mol. The zero-order chi connectivity index (χ0) is 25.6. The first-order valence-electron chi connectivity index (χ1n) is 13.4. The minimum Gasteiger partial charge on any atom is -0.490 e. The van der Waals surface area contributed by atoms with Crippen LogP contribution < -0.4 is 10.1 Å². The Bertz CT molecular complexity index is 995. The Labute approximate surface area is 226 Å². The Morgan fingerprint density at radius 3 is 2.39 bits per heavy atom. The molecule has 2 aromatic carbocycles. The maximum atomic E-state index is 13.0. The number of hydrogen-bond acceptors (Lipinski definition) is 4. The lowest BCUT2D eigenvalue weighted by molar-refractivity contribution is 0.102. The number of anilines is 1. The highest BCUT2D eigenvalue weighted by atomic mass is 35.5. The highest BCUT2D eigenvalue weighted by molar-refractivity contribution is 8.03. The lowest BCUT2D eigenvalue weighted by Crippen LogP contribution is -2.15. The first-order valence-corrected chi connectivity index (χ1v) is 14.8. The maximum Gasteiger partial charge on any atom is 0.255 e. The van der Waals surface area contributed by atoms with Crippen LogP contribution in [0.25, 0.3) is 0 Å². The molecular formula is C30H41ClN2O2S. The number of allylic oxidation sites excluding steroid dienone is 1.